The van der Waals surface area contributed by atoms with Crippen molar-refractivity contribution in [3.05, 3.63) is 0 Å². The number of ether oxygens (including phenoxy) is 3. The Labute approximate surface area is 48.0 Å². The van der Waals surface area contributed by atoms with Crippen molar-refractivity contribution in [2.24, 2.45) is 0 Å². The Balaban J connectivity index is 3.58. The summed E-state index contributed by atoms with van der Waals surface area (Å²) < 4.78 is 13.0. The first kappa shape index (κ1) is 7.84. The summed E-state index contributed by atoms with van der Waals surface area (Å²) in [5.41, 5.74) is 0. The van der Waals surface area contributed by atoms with Crippen LogP contribution in [-0.2, 0) is 14.2 Å². The van der Waals surface area contributed by atoms with Gasteiger partial charge >= 0.3 is 6.16 Å². The van der Waals surface area contributed by atoms with Gasteiger partial charge in [-0.05, 0) is 0 Å². The second kappa shape index (κ2) is 2.99. The number of hydrogen-bond acceptors (Lipinski definition) is 4. The highest BCUT2D eigenvalue weighted by atomic mass is 17.0. The lowest BCUT2D eigenvalue weighted by molar-refractivity contribution is -0.464. The van der Waals surface area contributed by atoms with Crippen molar-refractivity contribution in [1.29, 1.82) is 0 Å². The van der Waals surface area contributed by atoms with Gasteiger partial charge in [0.15, 0.2) is 0 Å². The lowest BCUT2D eigenvalue weighted by Crippen LogP contribution is -2.35. The zero-order chi connectivity index (χ0) is 6.62. The molecule has 0 radical (unpaired) electrons. The van der Waals surface area contributed by atoms with Gasteiger partial charge in [0.05, 0.1) is 0 Å². The summed E-state index contributed by atoms with van der Waals surface area (Å²) in [6.45, 7) is 0. The van der Waals surface area contributed by atoms with Gasteiger partial charge in [0.1, 0.15) is 0 Å². The zero-order valence-corrected chi connectivity index (χ0v) is 5.17. The van der Waals surface area contributed by atoms with Gasteiger partial charge in [-0.25, -0.2) is 0 Å². The normalized spacial score (nSPS) is 12.0. The first-order valence-electron chi connectivity index (χ1n) is 2.06. The van der Waals surface area contributed by atoms with Crippen molar-refractivity contribution in [3.8, 4) is 0 Å². The number of rotatable bonds is 3. The molecule has 0 heterocycles. The summed E-state index contributed by atoms with van der Waals surface area (Å²) in [4.78, 5) is 0. The molecule has 0 saturated carbocycles. The Morgan fingerprint density at radius 1 is 1.00 bits per heavy atom. The van der Waals surface area contributed by atoms with Gasteiger partial charge in [0.2, 0.25) is 0 Å². The molecule has 0 aliphatic heterocycles. The highest BCUT2D eigenvalue weighted by molar-refractivity contribution is 4.24. The van der Waals surface area contributed by atoms with Crippen molar-refractivity contribution >= 4 is 0 Å². The topological polar surface area (TPSA) is 47.9 Å². The molecule has 0 fully saturated rings. The van der Waals surface area contributed by atoms with E-state index in [2.05, 4.69) is 14.2 Å². The van der Waals surface area contributed by atoms with Gasteiger partial charge in [-0.1, -0.05) is 0 Å². The largest absolute Gasteiger partial charge is 0.409 e. The standard InChI is InChI=1S/C4H10O4/c1-6-4(5,7-2)8-3/h5H,1-3H3. The van der Waals surface area contributed by atoms with Crippen molar-refractivity contribution in [3.63, 3.8) is 0 Å². The molecule has 0 aromatic rings. The number of hydrogen-bond donors (Lipinski definition) is 1. The minimum Gasteiger partial charge on any atom is -0.319 e. The van der Waals surface area contributed by atoms with Crippen LogP contribution in [0.5, 0.6) is 0 Å². The Morgan fingerprint density at radius 2 is 1.25 bits per heavy atom. The van der Waals surface area contributed by atoms with Crippen LogP contribution >= 0.6 is 0 Å². The van der Waals surface area contributed by atoms with Gasteiger partial charge < -0.3 is 19.3 Å². The first-order chi connectivity index (χ1) is 3.68. The fraction of sp³-hybridized carbons (Fsp3) is 1.00. The highest BCUT2D eigenvalue weighted by Crippen LogP contribution is 2.04. The predicted octanol–water partition coefficient (Wildman–Crippen LogP) is -0.471. The van der Waals surface area contributed by atoms with Crippen LogP contribution in [0.25, 0.3) is 0 Å². The lowest BCUT2D eigenvalue weighted by atomic mass is 11.0. The average molecular weight is 122 g/mol. The van der Waals surface area contributed by atoms with Crippen LogP contribution in [-0.4, -0.2) is 32.6 Å². The fourth-order valence-electron chi connectivity index (χ4n) is 0.250. The molecule has 0 aromatic carbocycles. The summed E-state index contributed by atoms with van der Waals surface area (Å²) in [6.07, 6.45) is -1.88. The van der Waals surface area contributed by atoms with Crippen LogP contribution in [0, 0.1) is 0 Å². The molecule has 0 bridgehead atoms. The Bertz CT molecular complexity index is 50.8. The molecule has 50 valence electrons. The van der Waals surface area contributed by atoms with Crippen molar-refractivity contribution in [1.82, 2.24) is 0 Å². The molecule has 4 nitrogen and oxygen atoms in total. The van der Waals surface area contributed by atoms with Gasteiger partial charge in [-0.2, -0.15) is 0 Å². The van der Waals surface area contributed by atoms with E-state index in [9.17, 15) is 0 Å². The molecule has 0 aliphatic carbocycles. The quantitative estimate of drug-likeness (QED) is 0.514. The molecule has 8 heavy (non-hydrogen) atoms. The molecule has 0 saturated heterocycles. The van der Waals surface area contributed by atoms with Crippen molar-refractivity contribution in [2.75, 3.05) is 21.3 Å². The summed E-state index contributed by atoms with van der Waals surface area (Å²) in [5.74, 6) is 0. The summed E-state index contributed by atoms with van der Waals surface area (Å²) in [5, 5.41) is 8.77. The first-order valence-corrected chi connectivity index (χ1v) is 2.06. The van der Waals surface area contributed by atoms with E-state index in [1.165, 1.54) is 21.3 Å². The van der Waals surface area contributed by atoms with Gasteiger partial charge in [0, 0.05) is 21.3 Å². The monoisotopic (exact) mass is 122 g/mol. The third kappa shape index (κ3) is 1.75. The van der Waals surface area contributed by atoms with E-state index in [4.69, 9.17) is 5.11 Å². The Morgan fingerprint density at radius 3 is 1.25 bits per heavy atom. The maximum absolute atomic E-state index is 8.77. The number of methoxy groups -OCH3 is 3. The van der Waals surface area contributed by atoms with Crippen LogP contribution in [0.2, 0.25) is 0 Å². The second-order valence-corrected chi connectivity index (χ2v) is 1.14. The fourth-order valence-corrected chi connectivity index (χ4v) is 0.250. The van der Waals surface area contributed by atoms with E-state index in [1.807, 2.05) is 0 Å². The highest BCUT2D eigenvalue weighted by Gasteiger charge is 2.24. The summed E-state index contributed by atoms with van der Waals surface area (Å²) in [7, 11) is 3.81. The minimum atomic E-state index is -1.88. The van der Waals surface area contributed by atoms with Gasteiger partial charge in [-0.3, -0.25) is 0 Å². The molecule has 1 N–H and O–H groups in total. The van der Waals surface area contributed by atoms with Crippen LogP contribution in [0.1, 0.15) is 0 Å². The number of aliphatic hydroxyl groups is 1. The molecular formula is C4H10O4. The van der Waals surface area contributed by atoms with E-state index >= 15 is 0 Å². The SMILES string of the molecule is COC(O)(OC)OC. The molecule has 0 aliphatic rings. The van der Waals surface area contributed by atoms with Crippen LogP contribution in [0.4, 0.5) is 0 Å². The summed E-state index contributed by atoms with van der Waals surface area (Å²) >= 11 is 0. The maximum Gasteiger partial charge on any atom is 0.409 e. The van der Waals surface area contributed by atoms with Crippen LogP contribution < -0.4 is 0 Å². The molecule has 0 unspecified atom stereocenters. The van der Waals surface area contributed by atoms with Gasteiger partial charge in [-0.15, -0.1) is 0 Å². The predicted molar refractivity (Wildman–Crippen MR) is 26.0 cm³/mol. The minimum absolute atomic E-state index is 1.27. The molecule has 0 atom stereocenters. The van der Waals surface area contributed by atoms with Crippen LogP contribution in [0.3, 0.4) is 0 Å². The van der Waals surface area contributed by atoms with E-state index in [0.717, 1.165) is 0 Å². The summed E-state index contributed by atoms with van der Waals surface area (Å²) in [6, 6.07) is 0. The molecule has 4 heteroatoms. The lowest BCUT2D eigenvalue weighted by Gasteiger charge is -2.20. The molecule has 0 aromatic heterocycles. The zero-order valence-electron chi connectivity index (χ0n) is 5.17. The maximum atomic E-state index is 8.77. The second-order valence-electron chi connectivity index (χ2n) is 1.14. The Kier molecular flexibility index (Phi) is 2.93. The Hall–Kier alpha value is -0.160. The van der Waals surface area contributed by atoms with E-state index < -0.39 is 6.16 Å². The van der Waals surface area contributed by atoms with E-state index in [1.54, 1.807) is 0 Å². The molecule has 0 amide bonds. The molecular weight excluding hydrogens is 112 g/mol. The van der Waals surface area contributed by atoms with Gasteiger partial charge in [0.25, 0.3) is 0 Å². The molecule has 0 spiro atoms. The van der Waals surface area contributed by atoms with Crippen LogP contribution in [0.15, 0.2) is 0 Å². The van der Waals surface area contributed by atoms with Crippen molar-refractivity contribution < 1.29 is 19.3 Å². The average Bonchev–Trinajstić information content (AvgIpc) is 1.87. The molecule has 0 rings (SSSR count). The third-order valence-corrected chi connectivity index (χ3v) is 0.774. The van der Waals surface area contributed by atoms with E-state index in [0.29, 0.717) is 0 Å². The van der Waals surface area contributed by atoms with E-state index in [-0.39, 0.29) is 0 Å². The van der Waals surface area contributed by atoms with Crippen molar-refractivity contribution in [2.45, 2.75) is 6.16 Å². The third-order valence-electron chi connectivity index (χ3n) is 0.774. The smallest absolute Gasteiger partial charge is 0.319 e.